The highest BCUT2D eigenvalue weighted by atomic mass is 79.9. The Morgan fingerprint density at radius 2 is 2.17 bits per heavy atom. The Bertz CT molecular complexity index is 735. The molecule has 0 atom stereocenters. The number of amides is 2. The van der Waals surface area contributed by atoms with Crippen molar-refractivity contribution in [3.8, 4) is 0 Å². The molecule has 1 aliphatic rings. The summed E-state index contributed by atoms with van der Waals surface area (Å²) >= 11 is 3.36. The van der Waals surface area contributed by atoms with Gasteiger partial charge in [0.15, 0.2) is 0 Å². The fraction of sp³-hybridized carbons (Fsp3) is 0.250. The van der Waals surface area contributed by atoms with E-state index in [9.17, 15) is 14.3 Å². The molecule has 1 fully saturated rings. The highest BCUT2D eigenvalue weighted by molar-refractivity contribution is 9.10. The van der Waals surface area contributed by atoms with Crippen molar-refractivity contribution in [3.05, 3.63) is 64.1 Å². The molecule has 0 saturated carbocycles. The van der Waals surface area contributed by atoms with Crippen molar-refractivity contribution < 1.29 is 14.3 Å². The zero-order valence-electron chi connectivity index (χ0n) is 12.2. The minimum atomic E-state index is -1.04. The summed E-state index contributed by atoms with van der Waals surface area (Å²) in [6.45, 7) is 0.400. The standard InChI is InChI=1S/C16H15BrFN3O2/c17-12-4-1-3-11(7-12)16(23)9-21(10-16)15(22)20-8-14-13(18)5-2-6-19-14/h1-7,23H,8-10H2,(H,20,22). The molecule has 2 amide bonds. The van der Waals surface area contributed by atoms with E-state index in [2.05, 4.69) is 26.2 Å². The molecule has 1 aromatic heterocycles. The minimum absolute atomic E-state index is 0.0112. The van der Waals surface area contributed by atoms with E-state index in [1.165, 1.54) is 23.2 Å². The Labute approximate surface area is 141 Å². The predicted molar refractivity (Wildman–Crippen MR) is 86.0 cm³/mol. The summed E-state index contributed by atoms with van der Waals surface area (Å²) in [5, 5.41) is 13.1. The lowest BCUT2D eigenvalue weighted by molar-refractivity contribution is -0.0816. The molecule has 0 radical (unpaired) electrons. The van der Waals surface area contributed by atoms with Gasteiger partial charge < -0.3 is 15.3 Å². The zero-order chi connectivity index (χ0) is 16.4. The van der Waals surface area contributed by atoms with Gasteiger partial charge in [-0.25, -0.2) is 9.18 Å². The number of hydrogen-bond acceptors (Lipinski definition) is 3. The van der Waals surface area contributed by atoms with Gasteiger partial charge in [0.1, 0.15) is 11.4 Å². The zero-order valence-corrected chi connectivity index (χ0v) is 13.8. The minimum Gasteiger partial charge on any atom is -0.381 e. The summed E-state index contributed by atoms with van der Waals surface area (Å²) < 4.78 is 14.3. The number of nitrogens with one attached hydrogen (secondary N) is 1. The number of urea groups is 1. The molecule has 1 saturated heterocycles. The summed E-state index contributed by atoms with van der Waals surface area (Å²) in [7, 11) is 0. The normalized spacial score (nSPS) is 15.9. The Hall–Kier alpha value is -1.99. The molecular weight excluding hydrogens is 365 g/mol. The maximum absolute atomic E-state index is 13.4. The van der Waals surface area contributed by atoms with Crippen LogP contribution < -0.4 is 5.32 Å². The number of nitrogens with zero attached hydrogens (tertiary/aromatic N) is 2. The monoisotopic (exact) mass is 379 g/mol. The highest BCUT2D eigenvalue weighted by Crippen LogP contribution is 2.33. The Morgan fingerprint density at radius 1 is 1.39 bits per heavy atom. The Morgan fingerprint density at radius 3 is 2.87 bits per heavy atom. The van der Waals surface area contributed by atoms with E-state index in [4.69, 9.17) is 0 Å². The van der Waals surface area contributed by atoms with Crippen molar-refractivity contribution in [3.63, 3.8) is 0 Å². The van der Waals surface area contributed by atoms with Gasteiger partial charge in [0, 0.05) is 10.7 Å². The first-order valence-corrected chi connectivity index (χ1v) is 7.88. The van der Waals surface area contributed by atoms with Crippen molar-refractivity contribution >= 4 is 22.0 Å². The smallest absolute Gasteiger partial charge is 0.317 e. The number of rotatable bonds is 3. The van der Waals surface area contributed by atoms with E-state index in [0.717, 1.165) is 10.0 Å². The van der Waals surface area contributed by atoms with Gasteiger partial charge in [-0.15, -0.1) is 0 Å². The number of pyridine rings is 1. The molecule has 0 spiro atoms. The molecule has 2 aromatic rings. The number of aromatic nitrogens is 1. The lowest BCUT2D eigenvalue weighted by Gasteiger charge is -2.46. The van der Waals surface area contributed by atoms with Crippen LogP contribution in [0.3, 0.4) is 0 Å². The van der Waals surface area contributed by atoms with E-state index in [1.54, 1.807) is 0 Å². The van der Waals surface area contributed by atoms with E-state index < -0.39 is 11.4 Å². The molecule has 3 rings (SSSR count). The number of carbonyl (C=O) groups excluding carboxylic acids is 1. The van der Waals surface area contributed by atoms with Gasteiger partial charge in [-0.1, -0.05) is 28.1 Å². The number of halogens is 2. The average Bonchev–Trinajstić information content (AvgIpc) is 2.51. The molecule has 1 aliphatic heterocycles. The number of β-amino-alcohol motifs (C(OH)–C–C–N with tert-alkyl or cyclic N) is 1. The maximum Gasteiger partial charge on any atom is 0.317 e. The lowest BCUT2D eigenvalue weighted by Crippen LogP contribution is -2.63. The van der Waals surface area contributed by atoms with Crippen LogP contribution in [0.2, 0.25) is 0 Å². The van der Waals surface area contributed by atoms with Crippen LogP contribution in [-0.2, 0) is 12.1 Å². The van der Waals surface area contributed by atoms with Crippen LogP contribution in [0.1, 0.15) is 11.3 Å². The molecule has 1 aromatic carbocycles. The Balaban J connectivity index is 1.56. The molecular formula is C16H15BrFN3O2. The maximum atomic E-state index is 13.4. The number of carbonyl (C=O) groups is 1. The van der Waals surface area contributed by atoms with Crippen molar-refractivity contribution in [1.82, 2.24) is 15.2 Å². The molecule has 0 aliphatic carbocycles. The molecule has 0 bridgehead atoms. The first-order valence-electron chi connectivity index (χ1n) is 7.08. The van der Waals surface area contributed by atoms with Crippen molar-refractivity contribution in [2.45, 2.75) is 12.1 Å². The van der Waals surface area contributed by atoms with Gasteiger partial charge in [-0.2, -0.15) is 0 Å². The van der Waals surface area contributed by atoms with Gasteiger partial charge in [0.05, 0.1) is 25.3 Å². The molecule has 2 heterocycles. The van der Waals surface area contributed by atoms with Crippen LogP contribution in [-0.4, -0.2) is 34.1 Å². The second-order valence-corrected chi connectivity index (χ2v) is 6.40. The second-order valence-electron chi connectivity index (χ2n) is 5.49. The first kappa shape index (κ1) is 15.9. The van der Waals surface area contributed by atoms with Crippen LogP contribution >= 0.6 is 15.9 Å². The van der Waals surface area contributed by atoms with E-state index in [1.807, 2.05) is 24.3 Å². The summed E-state index contributed by atoms with van der Waals surface area (Å²) in [4.78, 5) is 17.4. The lowest BCUT2D eigenvalue weighted by atomic mass is 9.86. The molecule has 7 heteroatoms. The number of likely N-dealkylation sites (tertiary alicyclic amines) is 1. The van der Waals surface area contributed by atoms with Crippen LogP contribution in [0.5, 0.6) is 0 Å². The van der Waals surface area contributed by atoms with Gasteiger partial charge in [-0.3, -0.25) is 4.98 Å². The van der Waals surface area contributed by atoms with Crippen molar-refractivity contribution in [2.24, 2.45) is 0 Å². The van der Waals surface area contributed by atoms with Crippen LogP contribution in [0.25, 0.3) is 0 Å². The van der Waals surface area contributed by atoms with Gasteiger partial charge >= 0.3 is 6.03 Å². The predicted octanol–water partition coefficient (Wildman–Crippen LogP) is 2.40. The number of benzene rings is 1. The third-order valence-electron chi connectivity index (χ3n) is 3.80. The molecule has 23 heavy (non-hydrogen) atoms. The number of hydrogen-bond donors (Lipinski definition) is 2. The topological polar surface area (TPSA) is 65.5 Å². The number of aliphatic hydroxyl groups is 1. The quantitative estimate of drug-likeness (QED) is 0.860. The van der Waals surface area contributed by atoms with Crippen LogP contribution in [0.4, 0.5) is 9.18 Å². The molecule has 5 nitrogen and oxygen atoms in total. The Kier molecular flexibility index (Phi) is 4.32. The van der Waals surface area contributed by atoms with Gasteiger partial charge in [0.2, 0.25) is 0 Å². The summed E-state index contributed by atoms with van der Waals surface area (Å²) in [5.41, 5.74) is -0.104. The average molecular weight is 380 g/mol. The summed E-state index contributed by atoms with van der Waals surface area (Å²) in [6, 6.07) is 9.80. The first-order chi connectivity index (χ1) is 11.0. The third-order valence-corrected chi connectivity index (χ3v) is 4.29. The van der Waals surface area contributed by atoms with Gasteiger partial charge in [0.25, 0.3) is 0 Å². The molecule has 0 unspecified atom stereocenters. The van der Waals surface area contributed by atoms with Gasteiger partial charge in [-0.05, 0) is 29.8 Å². The summed E-state index contributed by atoms with van der Waals surface area (Å²) in [5.74, 6) is -0.456. The van der Waals surface area contributed by atoms with E-state index in [0.29, 0.717) is 0 Å². The fourth-order valence-corrected chi connectivity index (χ4v) is 2.91. The highest BCUT2D eigenvalue weighted by Gasteiger charge is 2.45. The second kappa shape index (κ2) is 6.25. The van der Waals surface area contributed by atoms with Crippen molar-refractivity contribution in [2.75, 3.05) is 13.1 Å². The van der Waals surface area contributed by atoms with E-state index in [-0.39, 0.29) is 31.4 Å². The fourth-order valence-electron chi connectivity index (χ4n) is 2.51. The molecule has 120 valence electrons. The van der Waals surface area contributed by atoms with Crippen molar-refractivity contribution in [1.29, 1.82) is 0 Å². The van der Waals surface area contributed by atoms with E-state index >= 15 is 0 Å². The SMILES string of the molecule is O=C(NCc1ncccc1F)N1CC(O)(c2cccc(Br)c2)C1. The van der Waals surface area contributed by atoms with Crippen LogP contribution in [0, 0.1) is 5.82 Å². The molecule has 2 N–H and O–H groups in total. The van der Waals surface area contributed by atoms with Crippen LogP contribution in [0.15, 0.2) is 47.1 Å². The third kappa shape index (κ3) is 3.35. The largest absolute Gasteiger partial charge is 0.381 e. The summed E-state index contributed by atoms with van der Waals surface area (Å²) in [6.07, 6.45) is 1.47.